The fraction of sp³-hybridized carbons (Fsp3) is 0.300. The second-order valence-electron chi connectivity index (χ2n) is 6.11. The zero-order valence-corrected chi connectivity index (χ0v) is 14.3. The van der Waals surface area contributed by atoms with Crippen LogP contribution in [0.1, 0.15) is 24.9 Å². The number of methoxy groups -OCH3 is 1. The summed E-state index contributed by atoms with van der Waals surface area (Å²) in [4.78, 5) is 26.6. The molecule has 0 radical (unpaired) electrons. The lowest BCUT2D eigenvalue weighted by Crippen LogP contribution is -2.30. The predicted molar refractivity (Wildman–Crippen MR) is 93.3 cm³/mol. The normalized spacial score (nSPS) is 18.1. The van der Waals surface area contributed by atoms with Crippen LogP contribution in [0.2, 0.25) is 0 Å². The van der Waals surface area contributed by atoms with E-state index in [1.165, 1.54) is 7.11 Å². The number of hydrogen-bond donors (Lipinski definition) is 0. The Bertz CT molecular complexity index is 759. The second kappa shape index (κ2) is 7.38. The molecule has 0 aromatic heterocycles. The Kier molecular flexibility index (Phi) is 5.03. The monoisotopic (exact) mass is 339 g/mol. The van der Waals surface area contributed by atoms with Crippen LogP contribution in [0.5, 0.6) is 11.5 Å². The van der Waals surface area contributed by atoms with Crippen molar-refractivity contribution < 1.29 is 19.1 Å². The molecule has 0 aliphatic carbocycles. The third kappa shape index (κ3) is 3.65. The van der Waals surface area contributed by atoms with Gasteiger partial charge in [-0.15, -0.1) is 0 Å². The number of esters is 1. The van der Waals surface area contributed by atoms with Crippen molar-refractivity contribution in [2.45, 2.75) is 19.4 Å². The Hall–Kier alpha value is -2.82. The zero-order valence-electron chi connectivity index (χ0n) is 14.3. The Morgan fingerprint density at radius 1 is 1.08 bits per heavy atom. The van der Waals surface area contributed by atoms with Crippen molar-refractivity contribution in [2.24, 2.45) is 5.92 Å². The van der Waals surface area contributed by atoms with Crippen molar-refractivity contribution in [1.29, 1.82) is 0 Å². The summed E-state index contributed by atoms with van der Waals surface area (Å²) < 4.78 is 10.7. The van der Waals surface area contributed by atoms with Gasteiger partial charge in [0.1, 0.15) is 0 Å². The molecule has 130 valence electrons. The molecule has 3 rings (SSSR count). The van der Waals surface area contributed by atoms with Gasteiger partial charge in [-0.1, -0.05) is 42.5 Å². The lowest BCUT2D eigenvalue weighted by molar-refractivity contribution is -0.139. The van der Waals surface area contributed by atoms with Gasteiger partial charge in [-0.25, -0.2) is 0 Å². The number of hydrogen-bond acceptors (Lipinski definition) is 4. The molecule has 0 N–H and O–H groups in total. The highest BCUT2D eigenvalue weighted by molar-refractivity contribution is 5.88. The highest BCUT2D eigenvalue weighted by atomic mass is 16.6. The molecule has 0 saturated carbocycles. The van der Waals surface area contributed by atoms with E-state index in [0.29, 0.717) is 18.0 Å². The summed E-state index contributed by atoms with van der Waals surface area (Å²) in [6.07, 6.45) is 0.172. The average molecular weight is 339 g/mol. The van der Waals surface area contributed by atoms with Crippen molar-refractivity contribution in [1.82, 2.24) is 4.90 Å². The number of carbonyl (C=O) groups is 2. The van der Waals surface area contributed by atoms with Crippen molar-refractivity contribution in [2.75, 3.05) is 13.7 Å². The van der Waals surface area contributed by atoms with Crippen LogP contribution in [0.15, 0.2) is 54.6 Å². The van der Waals surface area contributed by atoms with Gasteiger partial charge in [-0.2, -0.15) is 0 Å². The van der Waals surface area contributed by atoms with Crippen LogP contribution in [0, 0.1) is 5.92 Å². The first-order valence-corrected chi connectivity index (χ1v) is 8.29. The summed E-state index contributed by atoms with van der Waals surface area (Å²) in [6, 6.07) is 16.7. The molecule has 1 aliphatic rings. The van der Waals surface area contributed by atoms with Gasteiger partial charge in [-0.05, 0) is 24.6 Å². The SMILES string of the molecule is COc1ccccc1OC(=O)[C@H]1CC(=O)N([C@@H](C)c2ccccc2)C1. The summed E-state index contributed by atoms with van der Waals surface area (Å²) in [5, 5.41) is 0. The molecule has 1 fully saturated rings. The van der Waals surface area contributed by atoms with Crippen LogP contribution in [-0.4, -0.2) is 30.4 Å². The largest absolute Gasteiger partial charge is 0.493 e. The van der Waals surface area contributed by atoms with Gasteiger partial charge in [0.05, 0.1) is 19.1 Å². The molecular formula is C20H21NO4. The lowest BCUT2D eigenvalue weighted by Gasteiger charge is -2.25. The smallest absolute Gasteiger partial charge is 0.316 e. The fourth-order valence-electron chi connectivity index (χ4n) is 3.07. The number of benzene rings is 2. The van der Waals surface area contributed by atoms with Crippen molar-refractivity contribution in [3.8, 4) is 11.5 Å². The topological polar surface area (TPSA) is 55.8 Å². The van der Waals surface area contributed by atoms with Gasteiger partial charge < -0.3 is 14.4 Å². The number of amides is 1. The van der Waals surface area contributed by atoms with Crippen LogP contribution < -0.4 is 9.47 Å². The number of ether oxygens (including phenoxy) is 2. The molecular weight excluding hydrogens is 318 g/mol. The van der Waals surface area contributed by atoms with E-state index in [4.69, 9.17) is 9.47 Å². The Morgan fingerprint density at radius 2 is 1.72 bits per heavy atom. The molecule has 5 heteroatoms. The third-order valence-corrected chi connectivity index (χ3v) is 4.52. The van der Waals surface area contributed by atoms with Gasteiger partial charge in [0, 0.05) is 13.0 Å². The first-order chi connectivity index (χ1) is 12.1. The lowest BCUT2D eigenvalue weighted by atomic mass is 10.1. The molecule has 25 heavy (non-hydrogen) atoms. The Balaban J connectivity index is 1.68. The maximum absolute atomic E-state index is 12.5. The number of rotatable bonds is 5. The summed E-state index contributed by atoms with van der Waals surface area (Å²) in [6.45, 7) is 2.34. The van der Waals surface area contributed by atoms with Crippen molar-refractivity contribution in [3.63, 3.8) is 0 Å². The molecule has 1 aliphatic heterocycles. The van der Waals surface area contributed by atoms with Crippen LogP contribution >= 0.6 is 0 Å². The number of para-hydroxylation sites is 2. The van der Waals surface area contributed by atoms with Gasteiger partial charge >= 0.3 is 5.97 Å². The first-order valence-electron chi connectivity index (χ1n) is 8.29. The summed E-state index contributed by atoms with van der Waals surface area (Å²) in [5.41, 5.74) is 1.05. The first kappa shape index (κ1) is 17.0. The molecule has 1 heterocycles. The van der Waals surface area contributed by atoms with E-state index in [9.17, 15) is 9.59 Å². The quantitative estimate of drug-likeness (QED) is 0.620. The number of likely N-dealkylation sites (tertiary alicyclic amines) is 1. The minimum atomic E-state index is -0.469. The Labute approximate surface area is 147 Å². The van der Waals surface area contributed by atoms with Crippen molar-refractivity contribution in [3.05, 3.63) is 60.2 Å². The van der Waals surface area contributed by atoms with E-state index >= 15 is 0 Å². The van der Waals surface area contributed by atoms with Gasteiger partial charge in [0.25, 0.3) is 0 Å². The maximum atomic E-state index is 12.5. The summed E-state index contributed by atoms with van der Waals surface area (Å²) in [5.74, 6) is -0.0331. The molecule has 2 aromatic carbocycles. The van der Waals surface area contributed by atoms with Crippen LogP contribution in [-0.2, 0) is 9.59 Å². The minimum absolute atomic E-state index is 0.0293. The highest BCUT2D eigenvalue weighted by Crippen LogP contribution is 2.31. The average Bonchev–Trinajstić information content (AvgIpc) is 3.04. The molecule has 5 nitrogen and oxygen atoms in total. The van der Waals surface area contributed by atoms with Crippen LogP contribution in [0.25, 0.3) is 0 Å². The van der Waals surface area contributed by atoms with E-state index < -0.39 is 11.9 Å². The predicted octanol–water partition coefficient (Wildman–Crippen LogP) is 3.21. The van der Waals surface area contributed by atoms with Crippen LogP contribution in [0.4, 0.5) is 0 Å². The summed E-state index contributed by atoms with van der Waals surface area (Å²) in [7, 11) is 1.52. The molecule has 1 amide bonds. The molecule has 0 spiro atoms. The maximum Gasteiger partial charge on any atom is 0.316 e. The molecule has 2 atom stereocenters. The van der Waals surface area contributed by atoms with Gasteiger partial charge in [0.15, 0.2) is 11.5 Å². The number of carbonyl (C=O) groups excluding carboxylic acids is 2. The second-order valence-corrected chi connectivity index (χ2v) is 6.11. The van der Waals surface area contributed by atoms with Gasteiger partial charge in [0.2, 0.25) is 5.91 Å². The van der Waals surface area contributed by atoms with Gasteiger partial charge in [-0.3, -0.25) is 9.59 Å². The molecule has 0 bridgehead atoms. The highest BCUT2D eigenvalue weighted by Gasteiger charge is 2.38. The molecule has 1 saturated heterocycles. The molecule has 2 aromatic rings. The van der Waals surface area contributed by atoms with E-state index in [1.807, 2.05) is 37.3 Å². The minimum Gasteiger partial charge on any atom is -0.493 e. The Morgan fingerprint density at radius 3 is 2.40 bits per heavy atom. The molecule has 0 unspecified atom stereocenters. The van der Waals surface area contributed by atoms with E-state index in [1.54, 1.807) is 29.2 Å². The summed E-state index contributed by atoms with van der Waals surface area (Å²) >= 11 is 0. The third-order valence-electron chi connectivity index (χ3n) is 4.52. The van der Waals surface area contributed by atoms with Crippen LogP contribution in [0.3, 0.4) is 0 Å². The zero-order chi connectivity index (χ0) is 17.8. The van der Waals surface area contributed by atoms with E-state index in [2.05, 4.69) is 0 Å². The van der Waals surface area contributed by atoms with E-state index in [-0.39, 0.29) is 18.4 Å². The standard InChI is InChI=1S/C20H21NO4/c1-14(15-8-4-3-5-9-15)21-13-16(12-19(21)22)20(23)25-18-11-7-6-10-17(18)24-2/h3-11,14,16H,12-13H2,1-2H3/t14-,16-/m0/s1. The fourth-order valence-corrected chi connectivity index (χ4v) is 3.07. The van der Waals surface area contributed by atoms with Crippen molar-refractivity contribution >= 4 is 11.9 Å². The number of nitrogens with zero attached hydrogens (tertiary/aromatic N) is 1. The van der Waals surface area contributed by atoms with E-state index in [0.717, 1.165) is 5.56 Å².